The third-order valence-corrected chi connectivity index (χ3v) is 9.65. The minimum absolute atomic E-state index is 0.340. The van der Waals surface area contributed by atoms with Gasteiger partial charge in [0.2, 0.25) is 0 Å². The van der Waals surface area contributed by atoms with E-state index in [2.05, 4.69) is 64.6 Å². The Kier molecular flexibility index (Phi) is 4.24. The number of fused-ring (bicyclic) bond motifs is 1. The summed E-state index contributed by atoms with van der Waals surface area (Å²) in [6, 6.07) is 13.0. The molecule has 0 unspecified atom stereocenters. The number of rotatable bonds is 4. The Morgan fingerprint density at radius 1 is 1.10 bits per heavy atom. The first kappa shape index (κ1) is 15.1. The van der Waals surface area contributed by atoms with Crippen molar-refractivity contribution in [3.05, 3.63) is 35.9 Å². The highest BCUT2D eigenvalue weighted by Crippen LogP contribution is 2.34. The first-order chi connectivity index (χ1) is 9.44. The molecule has 0 fully saturated rings. The lowest BCUT2D eigenvalue weighted by atomic mass is 9.95. The highest BCUT2D eigenvalue weighted by molar-refractivity contribution is 6.91. The van der Waals surface area contributed by atoms with Crippen LogP contribution in [0.2, 0.25) is 18.6 Å². The lowest BCUT2D eigenvalue weighted by Crippen LogP contribution is -2.43. The molecule has 0 amide bonds. The minimum atomic E-state index is -1.56. The fraction of sp³-hybridized carbons (Fsp3) is 0.444. The maximum absolute atomic E-state index is 10.9. The summed E-state index contributed by atoms with van der Waals surface area (Å²) in [5, 5.41) is 14.6. The monoisotopic (exact) mass is 286 g/mol. The standard InChI is InChI=1S/C18H26OSi/c1-6-20(5,7-2)16-12-14-10-8-9-11-15(14)17(13(3)4)18(16)19/h8-13,19H,6-7H2,1-5H3. The molecule has 0 bridgehead atoms. The molecular formula is C18H26OSi. The first-order valence-corrected chi connectivity index (χ1v) is 10.6. The van der Waals surface area contributed by atoms with Crippen LogP contribution in [0, 0.1) is 0 Å². The predicted molar refractivity (Wildman–Crippen MR) is 91.9 cm³/mol. The molecule has 2 rings (SSSR count). The average Bonchev–Trinajstić information content (AvgIpc) is 2.45. The highest BCUT2D eigenvalue weighted by Gasteiger charge is 2.30. The van der Waals surface area contributed by atoms with Gasteiger partial charge in [0.1, 0.15) is 5.75 Å². The van der Waals surface area contributed by atoms with E-state index >= 15 is 0 Å². The smallest absolute Gasteiger partial charge is 0.118 e. The van der Waals surface area contributed by atoms with Gasteiger partial charge in [-0.25, -0.2) is 0 Å². The second kappa shape index (κ2) is 5.61. The SMILES string of the molecule is CC[Si](C)(CC)c1cc2ccccc2c(C(C)C)c1O. The Balaban J connectivity index is 2.84. The minimum Gasteiger partial charge on any atom is -0.508 e. The molecule has 0 aliphatic carbocycles. The summed E-state index contributed by atoms with van der Waals surface area (Å²) >= 11 is 0. The molecule has 2 aromatic rings. The van der Waals surface area contributed by atoms with Crippen LogP contribution in [0.15, 0.2) is 30.3 Å². The van der Waals surface area contributed by atoms with Crippen molar-refractivity contribution in [2.75, 3.05) is 0 Å². The van der Waals surface area contributed by atoms with Crippen LogP contribution in [0.1, 0.15) is 39.2 Å². The van der Waals surface area contributed by atoms with Gasteiger partial charge < -0.3 is 5.11 Å². The van der Waals surface area contributed by atoms with Crippen molar-refractivity contribution in [1.82, 2.24) is 0 Å². The largest absolute Gasteiger partial charge is 0.508 e. The van der Waals surface area contributed by atoms with Crippen molar-refractivity contribution >= 4 is 24.0 Å². The van der Waals surface area contributed by atoms with E-state index in [-0.39, 0.29) is 0 Å². The normalized spacial score (nSPS) is 12.3. The van der Waals surface area contributed by atoms with E-state index in [9.17, 15) is 5.11 Å². The molecule has 1 N–H and O–H groups in total. The van der Waals surface area contributed by atoms with Crippen molar-refractivity contribution in [3.8, 4) is 5.75 Å². The Morgan fingerprint density at radius 2 is 1.70 bits per heavy atom. The van der Waals surface area contributed by atoms with Gasteiger partial charge in [-0.1, -0.05) is 76.7 Å². The van der Waals surface area contributed by atoms with Crippen molar-refractivity contribution < 1.29 is 5.11 Å². The maximum Gasteiger partial charge on any atom is 0.118 e. The number of phenolic OH excluding ortho intramolecular Hbond substituents is 1. The van der Waals surface area contributed by atoms with Gasteiger partial charge in [0.15, 0.2) is 0 Å². The van der Waals surface area contributed by atoms with Crippen LogP contribution in [0.3, 0.4) is 0 Å². The van der Waals surface area contributed by atoms with E-state index in [1.165, 1.54) is 28.0 Å². The molecule has 0 aliphatic rings. The number of hydrogen-bond donors (Lipinski definition) is 1. The number of aromatic hydroxyl groups is 1. The van der Waals surface area contributed by atoms with Gasteiger partial charge in [0.25, 0.3) is 0 Å². The van der Waals surface area contributed by atoms with Gasteiger partial charge in [-0.3, -0.25) is 0 Å². The van der Waals surface area contributed by atoms with Crippen LogP contribution in [-0.4, -0.2) is 13.2 Å². The average molecular weight is 286 g/mol. The molecular weight excluding hydrogens is 260 g/mol. The molecule has 0 aliphatic heterocycles. The van der Waals surface area contributed by atoms with Gasteiger partial charge in [0, 0.05) is 5.56 Å². The molecule has 0 saturated heterocycles. The molecule has 0 radical (unpaired) electrons. The van der Waals surface area contributed by atoms with Gasteiger partial charge in [-0.2, -0.15) is 0 Å². The van der Waals surface area contributed by atoms with Crippen LogP contribution >= 0.6 is 0 Å². The molecule has 2 aromatic carbocycles. The summed E-state index contributed by atoms with van der Waals surface area (Å²) in [6.45, 7) is 11.3. The molecule has 2 heteroatoms. The summed E-state index contributed by atoms with van der Waals surface area (Å²) in [5.41, 5.74) is 1.12. The van der Waals surface area contributed by atoms with Gasteiger partial charge in [-0.15, -0.1) is 0 Å². The van der Waals surface area contributed by atoms with E-state index in [1.54, 1.807) is 0 Å². The lowest BCUT2D eigenvalue weighted by Gasteiger charge is -2.28. The van der Waals surface area contributed by atoms with E-state index in [0.29, 0.717) is 11.7 Å². The van der Waals surface area contributed by atoms with Crippen molar-refractivity contribution in [3.63, 3.8) is 0 Å². The van der Waals surface area contributed by atoms with E-state index in [0.717, 1.165) is 5.56 Å². The Morgan fingerprint density at radius 3 is 2.25 bits per heavy atom. The van der Waals surface area contributed by atoms with Crippen molar-refractivity contribution in [2.45, 2.75) is 52.2 Å². The molecule has 0 heterocycles. The molecule has 20 heavy (non-hydrogen) atoms. The summed E-state index contributed by atoms with van der Waals surface area (Å²) in [4.78, 5) is 0. The number of benzene rings is 2. The zero-order valence-corrected chi connectivity index (χ0v) is 14.3. The van der Waals surface area contributed by atoms with Gasteiger partial charge in [-0.05, 0) is 21.9 Å². The third kappa shape index (κ3) is 2.37. The predicted octanol–water partition coefficient (Wildman–Crippen LogP) is 4.99. The van der Waals surface area contributed by atoms with Gasteiger partial charge in [0.05, 0.1) is 8.07 Å². The van der Waals surface area contributed by atoms with Gasteiger partial charge >= 0.3 is 0 Å². The quantitative estimate of drug-likeness (QED) is 0.785. The Labute approximate surface area is 123 Å². The fourth-order valence-corrected chi connectivity index (χ4v) is 5.51. The zero-order valence-electron chi connectivity index (χ0n) is 13.3. The van der Waals surface area contributed by atoms with Crippen molar-refractivity contribution in [2.24, 2.45) is 0 Å². The maximum atomic E-state index is 10.9. The van der Waals surface area contributed by atoms with Crippen LogP contribution in [0.5, 0.6) is 5.75 Å². The zero-order chi connectivity index (χ0) is 14.9. The Hall–Kier alpha value is -1.28. The summed E-state index contributed by atoms with van der Waals surface area (Å²) < 4.78 is 0. The van der Waals surface area contributed by atoms with E-state index in [1.807, 2.05) is 0 Å². The van der Waals surface area contributed by atoms with Crippen LogP contribution < -0.4 is 5.19 Å². The first-order valence-electron chi connectivity index (χ1n) is 7.69. The van der Waals surface area contributed by atoms with Crippen LogP contribution in [0.4, 0.5) is 0 Å². The second-order valence-corrected chi connectivity index (χ2v) is 11.4. The second-order valence-electron chi connectivity index (χ2n) is 6.33. The van der Waals surface area contributed by atoms with E-state index < -0.39 is 8.07 Å². The molecule has 0 spiro atoms. The lowest BCUT2D eigenvalue weighted by molar-refractivity contribution is 0.470. The summed E-state index contributed by atoms with van der Waals surface area (Å²) in [7, 11) is -1.56. The summed E-state index contributed by atoms with van der Waals surface area (Å²) in [5.74, 6) is 0.906. The third-order valence-electron chi connectivity index (χ3n) is 4.85. The highest BCUT2D eigenvalue weighted by atomic mass is 28.3. The molecule has 108 valence electrons. The topological polar surface area (TPSA) is 20.2 Å². The van der Waals surface area contributed by atoms with Crippen molar-refractivity contribution in [1.29, 1.82) is 0 Å². The fourth-order valence-electron chi connectivity index (χ4n) is 3.04. The van der Waals surface area contributed by atoms with E-state index in [4.69, 9.17) is 0 Å². The summed E-state index contributed by atoms with van der Waals surface area (Å²) in [6.07, 6.45) is 0. The number of hydrogen-bond acceptors (Lipinski definition) is 1. The molecule has 0 atom stereocenters. The van der Waals surface area contributed by atoms with Crippen LogP contribution in [0.25, 0.3) is 10.8 Å². The Bertz CT molecular complexity index is 612. The number of phenols is 1. The molecule has 0 saturated carbocycles. The molecule has 1 nitrogen and oxygen atoms in total. The van der Waals surface area contributed by atoms with Crippen LogP contribution in [-0.2, 0) is 0 Å². The molecule has 0 aromatic heterocycles.